The van der Waals surface area contributed by atoms with Crippen molar-refractivity contribution in [1.29, 1.82) is 0 Å². The fraction of sp³-hybridized carbons (Fsp3) is 0.294. The molecule has 0 atom stereocenters. The Hall–Kier alpha value is -2.00. The summed E-state index contributed by atoms with van der Waals surface area (Å²) in [5, 5.41) is 19.9. The lowest BCUT2D eigenvalue weighted by Gasteiger charge is -2.14. The van der Waals surface area contributed by atoms with Gasteiger partial charge in [0.15, 0.2) is 0 Å². The van der Waals surface area contributed by atoms with Gasteiger partial charge in [0.2, 0.25) is 0 Å². The lowest BCUT2D eigenvalue weighted by atomic mass is 9.94. The van der Waals surface area contributed by atoms with E-state index in [4.69, 9.17) is 4.74 Å². The zero-order valence-electron chi connectivity index (χ0n) is 12.1. The lowest BCUT2D eigenvalue weighted by molar-refractivity contribution is 0.181. The zero-order chi connectivity index (χ0) is 14.7. The molecule has 2 N–H and O–H groups in total. The Balaban J connectivity index is 2.42. The summed E-state index contributed by atoms with van der Waals surface area (Å²) in [6.45, 7) is 4.34. The summed E-state index contributed by atoms with van der Waals surface area (Å²) in [5.74, 6) is 0.563. The minimum Gasteiger partial charge on any atom is -0.508 e. The van der Waals surface area contributed by atoms with Crippen LogP contribution < -0.4 is 0 Å². The van der Waals surface area contributed by atoms with Gasteiger partial charge in [0.05, 0.1) is 6.61 Å². The molecule has 2 aromatic rings. The third-order valence-corrected chi connectivity index (χ3v) is 3.73. The Morgan fingerprint density at radius 1 is 0.950 bits per heavy atom. The summed E-state index contributed by atoms with van der Waals surface area (Å²) in [4.78, 5) is 0. The third-order valence-electron chi connectivity index (χ3n) is 3.73. The molecule has 0 aromatic heterocycles. The molecule has 106 valence electrons. The quantitative estimate of drug-likeness (QED) is 0.896. The van der Waals surface area contributed by atoms with Crippen molar-refractivity contribution in [3.8, 4) is 11.5 Å². The molecular weight excluding hydrogens is 252 g/mol. The van der Waals surface area contributed by atoms with Gasteiger partial charge in [0.25, 0.3) is 0 Å². The van der Waals surface area contributed by atoms with Gasteiger partial charge >= 0.3 is 0 Å². The van der Waals surface area contributed by atoms with E-state index >= 15 is 0 Å². The molecule has 0 unspecified atom stereocenters. The third kappa shape index (κ3) is 2.78. The summed E-state index contributed by atoms with van der Waals surface area (Å²) in [6, 6.07) is 9.12. The number of phenolic OH excluding ortho intramolecular Hbond substituents is 2. The first-order chi connectivity index (χ1) is 9.54. The topological polar surface area (TPSA) is 49.7 Å². The molecule has 0 saturated carbocycles. The maximum atomic E-state index is 10.00. The maximum Gasteiger partial charge on any atom is 0.121 e. The molecule has 0 bridgehead atoms. The van der Waals surface area contributed by atoms with Crippen LogP contribution in [0.3, 0.4) is 0 Å². The van der Waals surface area contributed by atoms with Crippen molar-refractivity contribution >= 4 is 0 Å². The van der Waals surface area contributed by atoms with E-state index in [1.165, 1.54) is 0 Å². The van der Waals surface area contributed by atoms with Crippen LogP contribution in [-0.4, -0.2) is 17.3 Å². The average molecular weight is 272 g/mol. The SMILES string of the molecule is COCc1c(O)ccc(Cc2c(C)cccc2O)c1C. The molecule has 3 nitrogen and oxygen atoms in total. The van der Waals surface area contributed by atoms with Crippen LogP contribution in [0, 0.1) is 13.8 Å². The minimum atomic E-state index is 0.252. The molecule has 2 aromatic carbocycles. The number of hydrogen-bond donors (Lipinski definition) is 2. The molecule has 0 aliphatic heterocycles. The van der Waals surface area contributed by atoms with Gasteiger partial charge in [-0.05, 0) is 42.7 Å². The Kier molecular flexibility index (Phi) is 4.30. The fourth-order valence-corrected chi connectivity index (χ4v) is 2.42. The van der Waals surface area contributed by atoms with Gasteiger partial charge in [-0.3, -0.25) is 0 Å². The van der Waals surface area contributed by atoms with Gasteiger partial charge in [-0.25, -0.2) is 0 Å². The minimum absolute atomic E-state index is 0.252. The predicted octanol–water partition coefficient (Wildman–Crippen LogP) is 3.45. The van der Waals surface area contributed by atoms with E-state index in [0.29, 0.717) is 18.8 Å². The monoisotopic (exact) mass is 272 g/mol. The van der Waals surface area contributed by atoms with Crippen LogP contribution in [-0.2, 0) is 17.8 Å². The van der Waals surface area contributed by atoms with Crippen LogP contribution >= 0.6 is 0 Å². The van der Waals surface area contributed by atoms with Crippen molar-refractivity contribution < 1.29 is 14.9 Å². The van der Waals surface area contributed by atoms with E-state index in [-0.39, 0.29) is 5.75 Å². The number of phenols is 2. The molecule has 0 heterocycles. The van der Waals surface area contributed by atoms with Gasteiger partial charge in [-0.15, -0.1) is 0 Å². The molecule has 0 saturated heterocycles. The first-order valence-electron chi connectivity index (χ1n) is 6.61. The van der Waals surface area contributed by atoms with Gasteiger partial charge in [-0.1, -0.05) is 18.2 Å². The maximum absolute atomic E-state index is 10.00. The highest BCUT2D eigenvalue weighted by Gasteiger charge is 2.12. The highest BCUT2D eigenvalue weighted by atomic mass is 16.5. The van der Waals surface area contributed by atoms with E-state index in [2.05, 4.69) is 0 Å². The van der Waals surface area contributed by atoms with Gasteiger partial charge in [-0.2, -0.15) is 0 Å². The molecule has 0 fully saturated rings. The highest BCUT2D eigenvalue weighted by Crippen LogP contribution is 2.29. The van der Waals surface area contributed by atoms with E-state index in [1.807, 2.05) is 32.0 Å². The predicted molar refractivity (Wildman–Crippen MR) is 79.2 cm³/mol. The van der Waals surface area contributed by atoms with E-state index < -0.39 is 0 Å². The van der Waals surface area contributed by atoms with Gasteiger partial charge in [0.1, 0.15) is 11.5 Å². The Morgan fingerprint density at radius 3 is 2.30 bits per heavy atom. The number of ether oxygens (including phenoxy) is 1. The normalized spacial score (nSPS) is 10.8. The Labute approximate surface area is 119 Å². The molecule has 20 heavy (non-hydrogen) atoms. The number of methoxy groups -OCH3 is 1. The molecule has 0 aliphatic rings. The first-order valence-corrected chi connectivity index (χ1v) is 6.61. The van der Waals surface area contributed by atoms with E-state index in [0.717, 1.165) is 27.8 Å². The van der Waals surface area contributed by atoms with Crippen LogP contribution in [0.15, 0.2) is 30.3 Å². The van der Waals surface area contributed by atoms with Crippen LogP contribution in [0.5, 0.6) is 11.5 Å². The Morgan fingerprint density at radius 2 is 1.65 bits per heavy atom. The summed E-state index contributed by atoms with van der Waals surface area (Å²) in [6.07, 6.45) is 0.640. The smallest absolute Gasteiger partial charge is 0.121 e. The van der Waals surface area contributed by atoms with Crippen LogP contribution in [0.25, 0.3) is 0 Å². The highest BCUT2D eigenvalue weighted by molar-refractivity contribution is 5.48. The number of aromatic hydroxyl groups is 2. The van der Waals surface area contributed by atoms with Crippen molar-refractivity contribution in [1.82, 2.24) is 0 Å². The fourth-order valence-electron chi connectivity index (χ4n) is 2.42. The van der Waals surface area contributed by atoms with Crippen molar-refractivity contribution in [2.75, 3.05) is 7.11 Å². The number of benzene rings is 2. The molecule has 2 rings (SSSR count). The molecule has 3 heteroatoms. The van der Waals surface area contributed by atoms with E-state index in [9.17, 15) is 10.2 Å². The van der Waals surface area contributed by atoms with Gasteiger partial charge < -0.3 is 14.9 Å². The first kappa shape index (κ1) is 14.4. The van der Waals surface area contributed by atoms with Crippen LogP contribution in [0.4, 0.5) is 0 Å². The molecule has 0 aliphatic carbocycles. The summed E-state index contributed by atoms with van der Waals surface area (Å²) in [5.41, 5.74) is 4.88. The molecular formula is C17H20O3. The summed E-state index contributed by atoms with van der Waals surface area (Å²) < 4.78 is 5.13. The number of aryl methyl sites for hydroxylation is 1. The second-order valence-electron chi connectivity index (χ2n) is 5.03. The largest absolute Gasteiger partial charge is 0.508 e. The average Bonchev–Trinajstić information content (AvgIpc) is 2.41. The summed E-state index contributed by atoms with van der Waals surface area (Å²) >= 11 is 0. The van der Waals surface area contributed by atoms with Gasteiger partial charge in [0, 0.05) is 24.7 Å². The second-order valence-corrected chi connectivity index (χ2v) is 5.03. The number of rotatable bonds is 4. The number of hydrogen-bond acceptors (Lipinski definition) is 3. The van der Waals surface area contributed by atoms with Crippen molar-refractivity contribution in [2.45, 2.75) is 26.9 Å². The zero-order valence-corrected chi connectivity index (χ0v) is 12.1. The van der Waals surface area contributed by atoms with Crippen molar-refractivity contribution in [2.24, 2.45) is 0 Å². The molecule has 0 spiro atoms. The standard InChI is InChI=1S/C17H20O3/c1-11-5-4-6-16(18)14(11)9-13-7-8-17(19)15(10-20-3)12(13)2/h4-8,18-19H,9-10H2,1-3H3. The van der Waals surface area contributed by atoms with E-state index in [1.54, 1.807) is 19.2 Å². The molecule has 0 radical (unpaired) electrons. The van der Waals surface area contributed by atoms with Crippen LogP contribution in [0.2, 0.25) is 0 Å². The molecule has 0 amide bonds. The van der Waals surface area contributed by atoms with Crippen LogP contribution in [0.1, 0.15) is 27.8 Å². The van der Waals surface area contributed by atoms with Crippen molar-refractivity contribution in [3.05, 3.63) is 58.1 Å². The summed E-state index contributed by atoms with van der Waals surface area (Å²) in [7, 11) is 1.61. The lowest BCUT2D eigenvalue weighted by Crippen LogP contribution is -2.00. The van der Waals surface area contributed by atoms with Crippen molar-refractivity contribution in [3.63, 3.8) is 0 Å². The Bertz CT molecular complexity index is 598. The second kappa shape index (κ2) is 5.97.